The molecular weight excluding hydrogens is 362 g/mol. The molecule has 0 aliphatic heterocycles. The fourth-order valence-electron chi connectivity index (χ4n) is 2.71. The molecule has 8 heteroatoms. The van der Waals surface area contributed by atoms with E-state index in [-0.39, 0.29) is 11.7 Å². The maximum Gasteiger partial charge on any atom is 0.234 e. The van der Waals surface area contributed by atoms with Crippen LogP contribution in [0.2, 0.25) is 0 Å². The summed E-state index contributed by atoms with van der Waals surface area (Å²) in [5.74, 6) is 7.37. The highest BCUT2D eigenvalue weighted by molar-refractivity contribution is 7.99. The van der Waals surface area contributed by atoms with Crippen molar-refractivity contribution in [3.05, 3.63) is 53.6 Å². The minimum absolute atomic E-state index is 0.129. The normalized spacial score (nSPS) is 10.6. The Balaban J connectivity index is 1.66. The van der Waals surface area contributed by atoms with Gasteiger partial charge in [0, 0.05) is 11.3 Å². The molecule has 1 heterocycles. The second kappa shape index (κ2) is 8.13. The predicted octanol–water partition coefficient (Wildman–Crippen LogP) is 3.02. The van der Waals surface area contributed by atoms with Gasteiger partial charge in [0.25, 0.3) is 0 Å². The van der Waals surface area contributed by atoms with Gasteiger partial charge in [0.05, 0.1) is 12.9 Å². The van der Waals surface area contributed by atoms with Crippen molar-refractivity contribution in [3.8, 4) is 17.1 Å². The van der Waals surface area contributed by atoms with E-state index in [0.717, 1.165) is 22.4 Å². The third-order valence-corrected chi connectivity index (χ3v) is 4.77. The molecule has 0 saturated heterocycles. The van der Waals surface area contributed by atoms with Crippen molar-refractivity contribution in [2.24, 2.45) is 0 Å². The Kier molecular flexibility index (Phi) is 5.66. The molecule has 140 valence electrons. The molecule has 0 bridgehead atoms. The van der Waals surface area contributed by atoms with E-state index >= 15 is 0 Å². The number of nitrogens with zero attached hydrogens (tertiary/aromatic N) is 3. The van der Waals surface area contributed by atoms with E-state index in [9.17, 15) is 4.79 Å². The summed E-state index contributed by atoms with van der Waals surface area (Å²) in [6, 6.07) is 13.3. The molecule has 2 aromatic carbocycles. The number of thioether (sulfide) groups is 1. The lowest BCUT2D eigenvalue weighted by atomic mass is 10.1. The zero-order chi connectivity index (χ0) is 19.4. The van der Waals surface area contributed by atoms with Crippen molar-refractivity contribution < 1.29 is 9.53 Å². The standard InChI is InChI=1S/C19H21N5O2S/c1-12-7-13(2)9-15(8-12)21-17(25)11-27-19-23-22-18(24(19)20)14-5-4-6-16(10-14)26-3/h4-10H,11,20H2,1-3H3,(H,21,25). The van der Waals surface area contributed by atoms with Gasteiger partial charge in [-0.25, -0.2) is 4.68 Å². The van der Waals surface area contributed by atoms with Gasteiger partial charge in [-0.2, -0.15) is 0 Å². The van der Waals surface area contributed by atoms with E-state index < -0.39 is 0 Å². The van der Waals surface area contributed by atoms with Crippen molar-refractivity contribution in [1.82, 2.24) is 14.9 Å². The van der Waals surface area contributed by atoms with Gasteiger partial charge in [-0.05, 0) is 49.2 Å². The number of aryl methyl sites for hydroxylation is 2. The zero-order valence-corrected chi connectivity index (χ0v) is 16.2. The van der Waals surface area contributed by atoms with Crippen molar-refractivity contribution >= 4 is 23.4 Å². The van der Waals surface area contributed by atoms with Crippen LogP contribution in [0.15, 0.2) is 47.6 Å². The molecule has 0 spiro atoms. The van der Waals surface area contributed by atoms with Crippen LogP contribution < -0.4 is 15.9 Å². The molecule has 1 amide bonds. The minimum atomic E-state index is -0.129. The summed E-state index contributed by atoms with van der Waals surface area (Å²) >= 11 is 1.23. The molecule has 7 nitrogen and oxygen atoms in total. The van der Waals surface area contributed by atoms with Crippen LogP contribution in [-0.4, -0.2) is 33.6 Å². The first-order valence-corrected chi connectivity index (χ1v) is 9.30. The van der Waals surface area contributed by atoms with Crippen LogP contribution in [0, 0.1) is 13.8 Å². The van der Waals surface area contributed by atoms with Crippen LogP contribution in [0.25, 0.3) is 11.4 Å². The summed E-state index contributed by atoms with van der Waals surface area (Å²) in [5, 5.41) is 11.6. The number of rotatable bonds is 6. The average molecular weight is 383 g/mol. The lowest BCUT2D eigenvalue weighted by Gasteiger charge is -2.08. The molecule has 0 atom stereocenters. The molecule has 0 radical (unpaired) electrons. The number of nitrogens with two attached hydrogens (primary N) is 1. The first kappa shape index (κ1) is 18.8. The number of nitrogen functional groups attached to an aromatic ring is 1. The van der Waals surface area contributed by atoms with Crippen LogP contribution in [0.3, 0.4) is 0 Å². The Morgan fingerprint density at radius 1 is 1.19 bits per heavy atom. The third-order valence-electron chi connectivity index (χ3n) is 3.83. The number of methoxy groups -OCH3 is 1. The van der Waals surface area contributed by atoms with Crippen molar-refractivity contribution in [3.63, 3.8) is 0 Å². The Morgan fingerprint density at radius 3 is 2.63 bits per heavy atom. The number of benzene rings is 2. The molecule has 3 rings (SSSR count). The monoisotopic (exact) mass is 383 g/mol. The molecule has 0 unspecified atom stereocenters. The summed E-state index contributed by atoms with van der Waals surface area (Å²) in [6.07, 6.45) is 0. The van der Waals surface area contributed by atoms with E-state index in [1.54, 1.807) is 7.11 Å². The Hall–Kier alpha value is -3.00. The number of ether oxygens (including phenoxy) is 1. The van der Waals surface area contributed by atoms with E-state index in [2.05, 4.69) is 21.6 Å². The smallest absolute Gasteiger partial charge is 0.234 e. The number of hydrogen-bond donors (Lipinski definition) is 2. The quantitative estimate of drug-likeness (QED) is 0.502. The minimum Gasteiger partial charge on any atom is -0.497 e. The molecular formula is C19H21N5O2S. The summed E-state index contributed by atoms with van der Waals surface area (Å²) in [6.45, 7) is 3.99. The van der Waals surface area contributed by atoms with Gasteiger partial charge in [0.1, 0.15) is 5.75 Å². The zero-order valence-electron chi connectivity index (χ0n) is 15.4. The van der Waals surface area contributed by atoms with Crippen LogP contribution >= 0.6 is 11.8 Å². The molecule has 0 fully saturated rings. The van der Waals surface area contributed by atoms with Gasteiger partial charge in [-0.3, -0.25) is 4.79 Å². The highest BCUT2D eigenvalue weighted by atomic mass is 32.2. The number of carbonyl (C=O) groups is 1. The topological polar surface area (TPSA) is 95.1 Å². The highest BCUT2D eigenvalue weighted by Crippen LogP contribution is 2.24. The van der Waals surface area contributed by atoms with Gasteiger partial charge in [-0.15, -0.1) is 10.2 Å². The van der Waals surface area contributed by atoms with Gasteiger partial charge >= 0.3 is 0 Å². The van der Waals surface area contributed by atoms with Crippen LogP contribution in [0.5, 0.6) is 5.75 Å². The fourth-order valence-corrected chi connectivity index (χ4v) is 3.36. The fraction of sp³-hybridized carbons (Fsp3) is 0.211. The van der Waals surface area contributed by atoms with E-state index in [4.69, 9.17) is 10.6 Å². The van der Waals surface area contributed by atoms with Crippen molar-refractivity contribution in [1.29, 1.82) is 0 Å². The van der Waals surface area contributed by atoms with E-state index in [1.807, 2.05) is 50.2 Å². The number of anilines is 1. The number of amides is 1. The van der Waals surface area contributed by atoms with Crippen LogP contribution in [-0.2, 0) is 4.79 Å². The average Bonchev–Trinajstić information content (AvgIpc) is 3.00. The Bertz CT molecular complexity index is 950. The largest absolute Gasteiger partial charge is 0.497 e. The molecule has 1 aromatic heterocycles. The van der Waals surface area contributed by atoms with Crippen molar-refractivity contribution in [2.75, 3.05) is 24.0 Å². The van der Waals surface area contributed by atoms with Crippen LogP contribution in [0.1, 0.15) is 11.1 Å². The number of carbonyl (C=O) groups excluding carboxylic acids is 1. The molecule has 3 N–H and O–H groups in total. The summed E-state index contributed by atoms with van der Waals surface area (Å²) < 4.78 is 6.60. The number of nitrogens with one attached hydrogen (secondary N) is 1. The molecule has 3 aromatic rings. The number of aromatic nitrogens is 3. The highest BCUT2D eigenvalue weighted by Gasteiger charge is 2.14. The van der Waals surface area contributed by atoms with Crippen molar-refractivity contribution in [2.45, 2.75) is 19.0 Å². The van der Waals surface area contributed by atoms with Gasteiger partial charge in [-0.1, -0.05) is 30.0 Å². The van der Waals surface area contributed by atoms with Gasteiger partial charge in [0.15, 0.2) is 5.82 Å². The summed E-state index contributed by atoms with van der Waals surface area (Å²) in [5.41, 5.74) is 3.77. The maximum atomic E-state index is 12.2. The Morgan fingerprint density at radius 2 is 1.93 bits per heavy atom. The lowest BCUT2D eigenvalue weighted by molar-refractivity contribution is -0.113. The lowest BCUT2D eigenvalue weighted by Crippen LogP contribution is -2.16. The number of hydrogen-bond acceptors (Lipinski definition) is 6. The third kappa shape index (κ3) is 4.59. The summed E-state index contributed by atoms with van der Waals surface area (Å²) in [4.78, 5) is 12.2. The second-order valence-electron chi connectivity index (χ2n) is 6.12. The molecule has 0 aliphatic carbocycles. The predicted molar refractivity (Wildman–Crippen MR) is 107 cm³/mol. The van der Waals surface area contributed by atoms with Gasteiger partial charge < -0.3 is 15.9 Å². The Labute approximate surface area is 161 Å². The second-order valence-corrected chi connectivity index (χ2v) is 7.06. The van der Waals surface area contributed by atoms with Crippen LogP contribution in [0.4, 0.5) is 5.69 Å². The first-order valence-electron chi connectivity index (χ1n) is 8.32. The van der Waals surface area contributed by atoms with E-state index in [0.29, 0.717) is 16.7 Å². The first-order chi connectivity index (χ1) is 13.0. The molecule has 0 aliphatic rings. The van der Waals surface area contributed by atoms with E-state index in [1.165, 1.54) is 16.4 Å². The molecule has 0 saturated carbocycles. The van der Waals surface area contributed by atoms with Gasteiger partial charge in [0.2, 0.25) is 11.1 Å². The molecule has 27 heavy (non-hydrogen) atoms. The summed E-state index contributed by atoms with van der Waals surface area (Å²) in [7, 11) is 1.60. The maximum absolute atomic E-state index is 12.2. The SMILES string of the molecule is COc1cccc(-c2nnc(SCC(=O)Nc3cc(C)cc(C)c3)n2N)c1.